The molecule has 0 amide bonds. The van der Waals surface area contributed by atoms with Gasteiger partial charge < -0.3 is 19.5 Å². The zero-order chi connectivity index (χ0) is 26.2. The summed E-state index contributed by atoms with van der Waals surface area (Å²) < 4.78 is 25.5. The van der Waals surface area contributed by atoms with Gasteiger partial charge in [-0.2, -0.15) is 0 Å². The van der Waals surface area contributed by atoms with Crippen LogP contribution in [0.3, 0.4) is 0 Å². The molecule has 0 aliphatic carbocycles. The van der Waals surface area contributed by atoms with Crippen molar-refractivity contribution < 1.29 is 23.8 Å². The van der Waals surface area contributed by atoms with Crippen LogP contribution in [-0.4, -0.2) is 66.5 Å². The summed E-state index contributed by atoms with van der Waals surface area (Å²) in [7, 11) is 2.80. The maximum absolute atomic E-state index is 15.1. The number of carbonyl (C=O) groups excluding carboxylic acids is 1. The van der Waals surface area contributed by atoms with E-state index in [0.29, 0.717) is 17.7 Å². The topological polar surface area (TPSA) is 86.1 Å². The first-order chi connectivity index (χ1) is 17.0. The number of nitrogens with one attached hydrogen (secondary N) is 1. The Morgan fingerprint density at radius 2 is 1.83 bits per heavy atom. The number of benzene rings is 2. The zero-order valence-electron chi connectivity index (χ0n) is 21.8. The lowest BCUT2D eigenvalue weighted by atomic mass is 9.84. The van der Waals surface area contributed by atoms with Crippen LogP contribution in [0.25, 0.3) is 0 Å². The lowest BCUT2D eigenvalue weighted by molar-refractivity contribution is 0.0792. The number of halogens is 1. The quantitative estimate of drug-likeness (QED) is 0.560. The molecule has 2 aliphatic heterocycles. The molecule has 0 saturated carbocycles. The molecule has 8 heteroatoms. The van der Waals surface area contributed by atoms with Crippen molar-refractivity contribution in [2.24, 2.45) is 0 Å². The number of nitrogens with zero attached hydrogens (tertiary/aromatic N) is 2. The number of aliphatic hydroxyl groups excluding tert-OH is 1. The van der Waals surface area contributed by atoms with Crippen molar-refractivity contribution in [3.05, 3.63) is 57.9 Å². The predicted octanol–water partition coefficient (Wildman–Crippen LogP) is 4.12. The number of Topliss-reactive ketones (excluding diaryl/α,β-unsaturated/α-hetero) is 1. The Balaban J connectivity index is 1.57. The van der Waals surface area contributed by atoms with Gasteiger partial charge in [0.1, 0.15) is 5.84 Å². The molecule has 2 aliphatic rings. The number of aliphatic hydroxyl groups is 1. The summed E-state index contributed by atoms with van der Waals surface area (Å²) in [4.78, 5) is 17.4. The van der Waals surface area contributed by atoms with E-state index in [9.17, 15) is 9.90 Å². The van der Waals surface area contributed by atoms with Gasteiger partial charge in [0.2, 0.25) is 0 Å². The summed E-state index contributed by atoms with van der Waals surface area (Å²) in [6.45, 7) is 8.94. The SMILES string of the molecule is COc1cc2c(c(F)c1OC)C(=N)N(CC(=O)c1cc(CN3CCC(O)CC3)cc(C(C)(C)C)c1)C2. The number of methoxy groups -OCH3 is 2. The third-order valence-corrected chi connectivity index (χ3v) is 7.09. The monoisotopic (exact) mass is 497 g/mol. The fourth-order valence-electron chi connectivity index (χ4n) is 4.94. The van der Waals surface area contributed by atoms with E-state index >= 15 is 4.39 Å². The summed E-state index contributed by atoms with van der Waals surface area (Å²) in [5.74, 6) is -0.566. The molecule has 0 atom stereocenters. The lowest BCUT2D eigenvalue weighted by Crippen LogP contribution is -2.35. The molecule has 4 rings (SSSR count). The largest absolute Gasteiger partial charge is 0.493 e. The van der Waals surface area contributed by atoms with E-state index in [-0.39, 0.29) is 53.3 Å². The number of likely N-dealkylation sites (tertiary alicyclic amines) is 1. The molecule has 2 aromatic rings. The first-order valence-corrected chi connectivity index (χ1v) is 12.4. The van der Waals surface area contributed by atoms with Gasteiger partial charge in [0, 0.05) is 31.7 Å². The number of ether oxygens (including phenoxy) is 2. The minimum Gasteiger partial charge on any atom is -0.493 e. The van der Waals surface area contributed by atoms with E-state index in [1.807, 2.05) is 12.1 Å². The van der Waals surface area contributed by atoms with Gasteiger partial charge in [-0.15, -0.1) is 0 Å². The fraction of sp³-hybridized carbons (Fsp3) is 0.500. The molecule has 194 valence electrons. The van der Waals surface area contributed by atoms with Gasteiger partial charge in [-0.3, -0.25) is 15.1 Å². The highest BCUT2D eigenvalue weighted by atomic mass is 19.1. The third-order valence-electron chi connectivity index (χ3n) is 7.09. The van der Waals surface area contributed by atoms with E-state index in [1.165, 1.54) is 14.2 Å². The second-order valence-electron chi connectivity index (χ2n) is 10.8. The lowest BCUT2D eigenvalue weighted by Gasteiger charge is -2.30. The van der Waals surface area contributed by atoms with Gasteiger partial charge in [-0.05, 0) is 53.1 Å². The smallest absolute Gasteiger partial charge is 0.197 e. The maximum Gasteiger partial charge on any atom is 0.197 e. The number of amidine groups is 1. The van der Waals surface area contributed by atoms with Crippen LogP contribution >= 0.6 is 0 Å². The highest BCUT2D eigenvalue weighted by molar-refractivity contribution is 6.05. The van der Waals surface area contributed by atoms with Crippen LogP contribution in [0.4, 0.5) is 4.39 Å². The van der Waals surface area contributed by atoms with Crippen LogP contribution < -0.4 is 9.47 Å². The maximum atomic E-state index is 15.1. The van der Waals surface area contributed by atoms with E-state index in [2.05, 4.69) is 31.7 Å². The minimum atomic E-state index is -0.643. The van der Waals surface area contributed by atoms with Crippen molar-refractivity contribution in [2.45, 2.75) is 58.2 Å². The Morgan fingerprint density at radius 1 is 1.14 bits per heavy atom. The highest BCUT2D eigenvalue weighted by Crippen LogP contribution is 2.38. The van der Waals surface area contributed by atoms with Crippen LogP contribution in [0.15, 0.2) is 24.3 Å². The summed E-state index contributed by atoms with van der Waals surface area (Å²) in [5.41, 5.74) is 3.32. The number of piperidine rings is 1. The van der Waals surface area contributed by atoms with Crippen LogP contribution in [0.5, 0.6) is 11.5 Å². The molecule has 7 nitrogen and oxygen atoms in total. The molecule has 0 bridgehead atoms. The Bertz CT molecular complexity index is 1170. The van der Waals surface area contributed by atoms with Crippen LogP contribution in [0, 0.1) is 11.2 Å². The standard InChI is InChI=1S/C28H36FN3O4/c1-28(2,3)20-11-17(14-31-8-6-21(33)7-9-31)10-18(12-20)22(34)16-32-15-19-13-23(35-4)26(36-5)25(29)24(19)27(32)30/h10-13,21,30,33H,6-9,14-16H2,1-5H3. The summed E-state index contributed by atoms with van der Waals surface area (Å²) in [6.07, 6.45) is 1.28. The zero-order valence-corrected chi connectivity index (χ0v) is 21.8. The summed E-state index contributed by atoms with van der Waals surface area (Å²) >= 11 is 0. The molecule has 2 heterocycles. The van der Waals surface area contributed by atoms with Crippen molar-refractivity contribution in [1.82, 2.24) is 9.80 Å². The molecule has 2 aromatic carbocycles. The van der Waals surface area contributed by atoms with Gasteiger partial charge >= 0.3 is 0 Å². The van der Waals surface area contributed by atoms with Gasteiger partial charge in [0.15, 0.2) is 23.1 Å². The molecule has 0 spiro atoms. The molecule has 1 fully saturated rings. The van der Waals surface area contributed by atoms with Crippen LogP contribution in [-0.2, 0) is 18.5 Å². The van der Waals surface area contributed by atoms with Gasteiger partial charge in [-0.25, -0.2) is 4.39 Å². The molecule has 0 unspecified atom stereocenters. The van der Waals surface area contributed by atoms with Crippen molar-refractivity contribution in [3.8, 4) is 11.5 Å². The fourth-order valence-corrected chi connectivity index (χ4v) is 4.94. The van der Waals surface area contributed by atoms with Crippen molar-refractivity contribution in [2.75, 3.05) is 33.9 Å². The Labute approximate surface area is 212 Å². The van der Waals surface area contributed by atoms with Crippen LogP contribution in [0.1, 0.15) is 66.2 Å². The van der Waals surface area contributed by atoms with E-state index in [4.69, 9.17) is 14.9 Å². The van der Waals surface area contributed by atoms with Crippen LogP contribution in [0.2, 0.25) is 0 Å². The van der Waals surface area contributed by atoms with E-state index in [1.54, 1.807) is 11.0 Å². The number of ketones is 1. The molecule has 0 aromatic heterocycles. The summed E-state index contributed by atoms with van der Waals surface area (Å²) in [6, 6.07) is 7.70. The molecule has 1 saturated heterocycles. The molecular weight excluding hydrogens is 461 g/mol. The summed E-state index contributed by atoms with van der Waals surface area (Å²) in [5, 5.41) is 18.4. The van der Waals surface area contributed by atoms with Gasteiger partial charge in [0.25, 0.3) is 0 Å². The first kappa shape index (κ1) is 26.1. The molecule has 2 N–H and O–H groups in total. The molecule has 36 heavy (non-hydrogen) atoms. The van der Waals surface area contributed by atoms with Gasteiger partial charge in [0.05, 0.1) is 32.4 Å². The first-order valence-electron chi connectivity index (χ1n) is 12.4. The Hall–Kier alpha value is -2.97. The Morgan fingerprint density at radius 3 is 2.44 bits per heavy atom. The van der Waals surface area contributed by atoms with Crippen molar-refractivity contribution in [1.29, 1.82) is 5.41 Å². The van der Waals surface area contributed by atoms with Gasteiger partial charge in [-0.1, -0.05) is 26.8 Å². The second kappa shape index (κ2) is 10.2. The number of hydrogen-bond acceptors (Lipinski definition) is 6. The van der Waals surface area contributed by atoms with E-state index in [0.717, 1.165) is 37.1 Å². The van der Waals surface area contributed by atoms with Crippen molar-refractivity contribution in [3.63, 3.8) is 0 Å². The normalized spacial score (nSPS) is 16.9. The van der Waals surface area contributed by atoms with Crippen molar-refractivity contribution >= 4 is 11.6 Å². The number of rotatable bonds is 7. The highest BCUT2D eigenvalue weighted by Gasteiger charge is 2.33. The second-order valence-corrected chi connectivity index (χ2v) is 10.8. The number of carbonyl (C=O) groups is 1. The predicted molar refractivity (Wildman–Crippen MR) is 137 cm³/mol. The third kappa shape index (κ3) is 5.25. The number of hydrogen-bond donors (Lipinski definition) is 2. The Kier molecular flexibility index (Phi) is 7.38. The van der Waals surface area contributed by atoms with E-state index < -0.39 is 5.82 Å². The molecule has 0 radical (unpaired) electrons. The average Bonchev–Trinajstić information content (AvgIpc) is 3.14. The number of fused-ring (bicyclic) bond motifs is 1. The average molecular weight is 498 g/mol. The minimum absolute atomic E-state index is 0.0273. The molecular formula is C28H36FN3O4.